The highest BCUT2D eigenvalue weighted by Gasteiger charge is 2.13. The molecule has 1 aromatic carbocycles. The molecule has 0 saturated carbocycles. The lowest BCUT2D eigenvalue weighted by molar-refractivity contribution is 0.981. The van der Waals surface area contributed by atoms with Crippen molar-refractivity contribution in [3.8, 4) is 11.3 Å². The predicted molar refractivity (Wildman–Crippen MR) is 76.3 cm³/mol. The van der Waals surface area contributed by atoms with Gasteiger partial charge in [-0.05, 0) is 30.7 Å². The number of aromatic nitrogens is 2. The van der Waals surface area contributed by atoms with Crippen LogP contribution in [-0.4, -0.2) is 15.9 Å². The Morgan fingerprint density at radius 3 is 2.78 bits per heavy atom. The monoisotopic (exact) mass is 277 g/mol. The van der Waals surface area contributed by atoms with Crippen LogP contribution >= 0.6 is 22.9 Å². The predicted octanol–water partition coefficient (Wildman–Crippen LogP) is 3.22. The normalized spacial score (nSPS) is 11.2. The summed E-state index contributed by atoms with van der Waals surface area (Å²) < 4.78 is 2.11. The summed E-state index contributed by atoms with van der Waals surface area (Å²) in [6, 6.07) is 7.88. The molecule has 3 rings (SSSR count). The third-order valence-electron chi connectivity index (χ3n) is 2.82. The Labute approximate surface area is 114 Å². The van der Waals surface area contributed by atoms with E-state index in [0.717, 1.165) is 22.0 Å². The molecule has 0 saturated heterocycles. The number of halogens is 1. The number of benzene rings is 1. The lowest BCUT2D eigenvalue weighted by Gasteiger charge is -2.04. The van der Waals surface area contributed by atoms with Crippen molar-refractivity contribution >= 4 is 27.9 Å². The summed E-state index contributed by atoms with van der Waals surface area (Å²) in [6.45, 7) is 0.643. The van der Waals surface area contributed by atoms with Crippen LogP contribution in [0, 0.1) is 0 Å². The van der Waals surface area contributed by atoms with Gasteiger partial charge in [-0.25, -0.2) is 4.98 Å². The largest absolute Gasteiger partial charge is 0.330 e. The first-order chi connectivity index (χ1) is 8.79. The van der Waals surface area contributed by atoms with E-state index in [4.69, 9.17) is 17.3 Å². The average molecular weight is 278 g/mol. The molecule has 5 heteroatoms. The number of fused-ring (bicyclic) bond motifs is 1. The van der Waals surface area contributed by atoms with E-state index in [-0.39, 0.29) is 0 Å². The number of hydrogen-bond acceptors (Lipinski definition) is 3. The highest BCUT2D eigenvalue weighted by atomic mass is 35.5. The van der Waals surface area contributed by atoms with Crippen molar-refractivity contribution in [3.63, 3.8) is 0 Å². The smallest absolute Gasteiger partial charge is 0.194 e. The fourth-order valence-electron chi connectivity index (χ4n) is 2.04. The maximum Gasteiger partial charge on any atom is 0.194 e. The molecule has 0 bridgehead atoms. The molecule has 0 aliphatic carbocycles. The summed E-state index contributed by atoms with van der Waals surface area (Å²) in [5.41, 5.74) is 8.00. The van der Waals surface area contributed by atoms with Gasteiger partial charge >= 0.3 is 0 Å². The minimum absolute atomic E-state index is 0.643. The summed E-state index contributed by atoms with van der Waals surface area (Å²) in [4.78, 5) is 6.61. The van der Waals surface area contributed by atoms with Crippen molar-refractivity contribution in [1.82, 2.24) is 9.38 Å². The SMILES string of the molecule is NCCc1sc2nccn2c1-c1ccc(Cl)cc1. The van der Waals surface area contributed by atoms with Crippen molar-refractivity contribution < 1.29 is 0 Å². The molecule has 2 N–H and O–H groups in total. The first-order valence-corrected chi connectivity index (χ1v) is 6.90. The number of rotatable bonds is 3. The Morgan fingerprint density at radius 1 is 1.28 bits per heavy atom. The van der Waals surface area contributed by atoms with Gasteiger partial charge in [-0.2, -0.15) is 0 Å². The molecule has 3 aromatic rings. The van der Waals surface area contributed by atoms with Crippen LogP contribution < -0.4 is 5.73 Å². The van der Waals surface area contributed by atoms with Gasteiger partial charge in [-0.15, -0.1) is 11.3 Å². The molecule has 18 heavy (non-hydrogen) atoms. The van der Waals surface area contributed by atoms with Crippen LogP contribution in [0.4, 0.5) is 0 Å². The third-order valence-corrected chi connectivity index (χ3v) is 4.20. The second-order valence-electron chi connectivity index (χ2n) is 4.00. The first kappa shape index (κ1) is 11.7. The summed E-state index contributed by atoms with van der Waals surface area (Å²) in [5.74, 6) is 0. The van der Waals surface area contributed by atoms with E-state index in [0.29, 0.717) is 6.54 Å². The molecule has 0 aliphatic rings. The van der Waals surface area contributed by atoms with Gasteiger partial charge in [-0.1, -0.05) is 23.7 Å². The summed E-state index contributed by atoms with van der Waals surface area (Å²) >= 11 is 7.63. The lowest BCUT2D eigenvalue weighted by Crippen LogP contribution is -2.02. The number of thiazole rings is 1. The van der Waals surface area contributed by atoms with Gasteiger partial charge < -0.3 is 5.73 Å². The van der Waals surface area contributed by atoms with Crippen LogP contribution in [0.5, 0.6) is 0 Å². The molecule has 3 nitrogen and oxygen atoms in total. The highest BCUT2D eigenvalue weighted by Crippen LogP contribution is 2.32. The lowest BCUT2D eigenvalue weighted by atomic mass is 10.1. The van der Waals surface area contributed by atoms with E-state index in [2.05, 4.69) is 9.38 Å². The Balaban J connectivity index is 2.21. The molecule has 0 aliphatic heterocycles. The first-order valence-electron chi connectivity index (χ1n) is 5.70. The molecule has 0 spiro atoms. The molecular formula is C13H12ClN3S. The van der Waals surface area contributed by atoms with Crippen molar-refractivity contribution in [2.75, 3.05) is 6.54 Å². The minimum Gasteiger partial charge on any atom is -0.330 e. The maximum absolute atomic E-state index is 5.93. The van der Waals surface area contributed by atoms with Crippen LogP contribution in [0.1, 0.15) is 4.88 Å². The van der Waals surface area contributed by atoms with Gasteiger partial charge in [0.1, 0.15) is 0 Å². The van der Waals surface area contributed by atoms with E-state index < -0.39 is 0 Å². The van der Waals surface area contributed by atoms with Crippen LogP contribution in [0.3, 0.4) is 0 Å². The fraction of sp³-hybridized carbons (Fsp3) is 0.154. The Bertz CT molecular complexity index is 669. The van der Waals surface area contributed by atoms with Crippen molar-refractivity contribution in [1.29, 1.82) is 0 Å². The zero-order valence-corrected chi connectivity index (χ0v) is 11.2. The van der Waals surface area contributed by atoms with Gasteiger partial charge in [0, 0.05) is 22.3 Å². The van der Waals surface area contributed by atoms with Gasteiger partial charge in [0.25, 0.3) is 0 Å². The van der Waals surface area contributed by atoms with Crippen molar-refractivity contribution in [2.45, 2.75) is 6.42 Å². The summed E-state index contributed by atoms with van der Waals surface area (Å²) in [6.07, 6.45) is 4.67. The number of hydrogen-bond donors (Lipinski definition) is 1. The van der Waals surface area contributed by atoms with Crippen LogP contribution in [0.25, 0.3) is 16.2 Å². The van der Waals surface area contributed by atoms with E-state index in [1.807, 2.05) is 36.7 Å². The van der Waals surface area contributed by atoms with E-state index in [1.54, 1.807) is 11.3 Å². The molecule has 0 amide bonds. The second kappa shape index (κ2) is 4.72. The molecular weight excluding hydrogens is 266 g/mol. The Morgan fingerprint density at radius 2 is 2.06 bits per heavy atom. The Kier molecular flexibility index (Phi) is 3.07. The molecule has 92 valence electrons. The van der Waals surface area contributed by atoms with Crippen LogP contribution in [0.2, 0.25) is 5.02 Å². The standard InChI is InChI=1S/C13H12ClN3S/c14-10-3-1-9(2-4-10)12-11(5-6-15)18-13-16-7-8-17(12)13/h1-4,7-8H,5-6,15H2. The van der Waals surface area contributed by atoms with E-state index in [9.17, 15) is 0 Å². The van der Waals surface area contributed by atoms with Gasteiger partial charge in [0.15, 0.2) is 4.96 Å². The number of nitrogens with two attached hydrogens (primary N) is 1. The molecule has 0 radical (unpaired) electrons. The van der Waals surface area contributed by atoms with Crippen LogP contribution in [-0.2, 0) is 6.42 Å². The number of imidazole rings is 1. The zero-order valence-electron chi connectivity index (χ0n) is 9.64. The highest BCUT2D eigenvalue weighted by molar-refractivity contribution is 7.17. The van der Waals surface area contributed by atoms with Gasteiger partial charge in [0.2, 0.25) is 0 Å². The van der Waals surface area contributed by atoms with Crippen LogP contribution in [0.15, 0.2) is 36.7 Å². The van der Waals surface area contributed by atoms with E-state index in [1.165, 1.54) is 10.6 Å². The molecule has 2 heterocycles. The third kappa shape index (κ3) is 1.92. The van der Waals surface area contributed by atoms with Crippen molar-refractivity contribution in [3.05, 3.63) is 46.6 Å². The van der Waals surface area contributed by atoms with Gasteiger partial charge in [-0.3, -0.25) is 4.40 Å². The van der Waals surface area contributed by atoms with Gasteiger partial charge in [0.05, 0.1) is 5.69 Å². The maximum atomic E-state index is 5.93. The fourth-order valence-corrected chi connectivity index (χ4v) is 3.28. The second-order valence-corrected chi connectivity index (χ2v) is 5.50. The number of nitrogens with zero attached hydrogens (tertiary/aromatic N) is 2. The molecule has 0 fully saturated rings. The van der Waals surface area contributed by atoms with E-state index >= 15 is 0 Å². The quantitative estimate of drug-likeness (QED) is 0.799. The molecule has 0 atom stereocenters. The van der Waals surface area contributed by atoms with Crippen molar-refractivity contribution in [2.24, 2.45) is 5.73 Å². The summed E-state index contributed by atoms with van der Waals surface area (Å²) in [5, 5.41) is 0.747. The zero-order chi connectivity index (χ0) is 12.5. The molecule has 0 unspecified atom stereocenters. The molecule has 2 aromatic heterocycles. The minimum atomic E-state index is 0.643. The average Bonchev–Trinajstić information content (AvgIpc) is 2.91. The topological polar surface area (TPSA) is 43.3 Å². The Hall–Kier alpha value is -1.36. The summed E-state index contributed by atoms with van der Waals surface area (Å²) in [7, 11) is 0.